The first kappa shape index (κ1) is 23.2. The van der Waals surface area contributed by atoms with Crippen molar-refractivity contribution in [2.24, 2.45) is 0 Å². The maximum atomic E-state index is 13.5. The summed E-state index contributed by atoms with van der Waals surface area (Å²) in [6, 6.07) is 14.6. The lowest BCUT2D eigenvalue weighted by atomic mass is 10.1. The Kier molecular flexibility index (Phi) is 8.06. The van der Waals surface area contributed by atoms with Gasteiger partial charge in [-0.05, 0) is 49.4 Å². The summed E-state index contributed by atoms with van der Waals surface area (Å²) in [5.74, 6) is -0.0890. The summed E-state index contributed by atoms with van der Waals surface area (Å²) >= 11 is 0. The lowest BCUT2D eigenvalue weighted by Crippen LogP contribution is -2.43. The number of nitrogens with one attached hydrogen (secondary N) is 1. The van der Waals surface area contributed by atoms with E-state index in [-0.39, 0.29) is 35.7 Å². The minimum atomic E-state index is -3.95. The van der Waals surface area contributed by atoms with Gasteiger partial charge in [0.2, 0.25) is 15.9 Å². The fraction of sp³-hybridized carbons (Fsp3) is 0.435. The third kappa shape index (κ3) is 6.29. The van der Waals surface area contributed by atoms with Crippen LogP contribution in [-0.4, -0.2) is 58.1 Å². The van der Waals surface area contributed by atoms with Gasteiger partial charge in [-0.3, -0.25) is 4.79 Å². The van der Waals surface area contributed by atoms with E-state index in [9.17, 15) is 13.2 Å². The van der Waals surface area contributed by atoms with Crippen LogP contribution in [0.25, 0.3) is 0 Å². The van der Waals surface area contributed by atoms with Crippen molar-refractivity contribution in [3.05, 3.63) is 59.7 Å². The fourth-order valence-electron chi connectivity index (χ4n) is 3.56. The second-order valence-electron chi connectivity index (χ2n) is 7.67. The van der Waals surface area contributed by atoms with Gasteiger partial charge in [0.1, 0.15) is 10.6 Å². The van der Waals surface area contributed by atoms with E-state index in [0.717, 1.165) is 24.0 Å². The number of aryl methyl sites for hydroxylation is 1. The number of carbonyl (C=O) groups is 1. The number of carbonyl (C=O) groups excluding carboxylic acids is 1. The lowest BCUT2D eigenvalue weighted by molar-refractivity contribution is -0.121. The molecule has 3 rings (SSSR count). The van der Waals surface area contributed by atoms with Crippen LogP contribution in [0, 0.1) is 6.92 Å². The maximum Gasteiger partial charge on any atom is 0.247 e. The first-order valence-electron chi connectivity index (χ1n) is 10.5. The molecule has 2 aromatic carbocycles. The van der Waals surface area contributed by atoms with E-state index in [4.69, 9.17) is 9.47 Å². The molecule has 31 heavy (non-hydrogen) atoms. The smallest absolute Gasteiger partial charge is 0.247 e. The van der Waals surface area contributed by atoms with Crippen LogP contribution in [0.1, 0.15) is 24.0 Å². The Morgan fingerprint density at radius 1 is 1.23 bits per heavy atom. The predicted molar refractivity (Wildman–Crippen MR) is 119 cm³/mol. The van der Waals surface area contributed by atoms with Gasteiger partial charge in [-0.2, -0.15) is 4.31 Å². The highest BCUT2D eigenvalue weighted by atomic mass is 32.2. The van der Waals surface area contributed by atoms with E-state index in [2.05, 4.69) is 5.32 Å². The van der Waals surface area contributed by atoms with Crippen molar-refractivity contribution >= 4 is 15.9 Å². The Bertz CT molecular complexity index is 973. The predicted octanol–water partition coefficient (Wildman–Crippen LogP) is 2.53. The molecule has 1 heterocycles. The molecule has 2 aromatic rings. The quantitative estimate of drug-likeness (QED) is 0.606. The number of benzene rings is 2. The van der Waals surface area contributed by atoms with Crippen molar-refractivity contribution in [1.82, 2.24) is 9.62 Å². The van der Waals surface area contributed by atoms with Gasteiger partial charge in [0.25, 0.3) is 0 Å². The molecule has 1 aliphatic heterocycles. The van der Waals surface area contributed by atoms with Gasteiger partial charge in [-0.15, -0.1) is 0 Å². The summed E-state index contributed by atoms with van der Waals surface area (Å²) in [6.07, 6.45) is 2.37. The monoisotopic (exact) mass is 446 g/mol. The number of sulfonamides is 1. The van der Waals surface area contributed by atoms with Gasteiger partial charge in [0.15, 0.2) is 0 Å². The Hall–Kier alpha value is -2.42. The molecule has 0 saturated carbocycles. The third-order valence-electron chi connectivity index (χ3n) is 5.30. The zero-order chi connectivity index (χ0) is 22.3. The summed E-state index contributed by atoms with van der Waals surface area (Å²) in [6.45, 7) is 2.82. The number of hydrogen-bond acceptors (Lipinski definition) is 5. The number of methoxy groups -OCH3 is 1. The molecule has 1 aliphatic rings. The summed E-state index contributed by atoms with van der Waals surface area (Å²) in [5.41, 5.74) is 1.80. The first-order valence-corrected chi connectivity index (χ1v) is 11.9. The molecule has 1 saturated heterocycles. The molecule has 1 atom stereocenters. The SMILES string of the molecule is COc1ccc(C)cc1S(=O)(=O)N(CCc1ccccc1)CC(=O)NC[C@@H]1CCCO1. The largest absolute Gasteiger partial charge is 0.495 e. The second-order valence-corrected chi connectivity index (χ2v) is 9.57. The molecule has 7 nitrogen and oxygen atoms in total. The van der Waals surface area contributed by atoms with Crippen LogP contribution in [0.4, 0.5) is 0 Å². The van der Waals surface area contributed by atoms with Crippen LogP contribution >= 0.6 is 0 Å². The van der Waals surface area contributed by atoms with Crippen molar-refractivity contribution in [2.75, 3.05) is 33.4 Å². The molecule has 1 fully saturated rings. The highest BCUT2D eigenvalue weighted by Gasteiger charge is 2.30. The van der Waals surface area contributed by atoms with Gasteiger partial charge in [0, 0.05) is 19.7 Å². The highest BCUT2D eigenvalue weighted by Crippen LogP contribution is 2.28. The van der Waals surface area contributed by atoms with Crippen LogP contribution in [0.15, 0.2) is 53.4 Å². The normalized spacial score (nSPS) is 16.4. The zero-order valence-electron chi connectivity index (χ0n) is 18.0. The third-order valence-corrected chi connectivity index (χ3v) is 7.17. The lowest BCUT2D eigenvalue weighted by Gasteiger charge is -2.23. The molecule has 0 aromatic heterocycles. The van der Waals surface area contributed by atoms with E-state index in [1.807, 2.05) is 37.3 Å². The number of nitrogens with zero attached hydrogens (tertiary/aromatic N) is 1. The van der Waals surface area contributed by atoms with Crippen molar-refractivity contribution < 1.29 is 22.7 Å². The Balaban J connectivity index is 1.79. The molecule has 0 radical (unpaired) electrons. The minimum Gasteiger partial charge on any atom is -0.495 e. The van der Waals surface area contributed by atoms with E-state index in [1.165, 1.54) is 11.4 Å². The molecular formula is C23H30N2O5S. The Labute approximate surface area is 184 Å². The second kappa shape index (κ2) is 10.7. The molecule has 168 valence electrons. The molecule has 0 bridgehead atoms. The molecule has 0 aliphatic carbocycles. The van der Waals surface area contributed by atoms with Gasteiger partial charge in [0.05, 0.1) is 19.8 Å². The van der Waals surface area contributed by atoms with Crippen molar-refractivity contribution in [1.29, 1.82) is 0 Å². The maximum absolute atomic E-state index is 13.5. The van der Waals surface area contributed by atoms with E-state index in [1.54, 1.807) is 18.2 Å². The standard InChI is InChI=1S/C23H30N2O5S/c1-18-10-11-21(29-2)22(15-18)31(27,28)25(13-12-19-7-4-3-5-8-19)17-23(26)24-16-20-9-6-14-30-20/h3-5,7-8,10-11,15,20H,6,9,12-14,16-17H2,1-2H3,(H,24,26)/t20-/m0/s1. The van der Waals surface area contributed by atoms with Gasteiger partial charge in [-0.25, -0.2) is 8.42 Å². The van der Waals surface area contributed by atoms with Gasteiger partial charge >= 0.3 is 0 Å². The Morgan fingerprint density at radius 3 is 2.68 bits per heavy atom. The van der Waals surface area contributed by atoms with E-state index >= 15 is 0 Å². The summed E-state index contributed by atoms with van der Waals surface area (Å²) < 4.78 is 39.1. The number of hydrogen-bond donors (Lipinski definition) is 1. The van der Waals surface area contributed by atoms with Crippen molar-refractivity contribution in [3.63, 3.8) is 0 Å². The summed E-state index contributed by atoms with van der Waals surface area (Å²) in [5, 5.41) is 2.82. The van der Waals surface area contributed by atoms with Gasteiger partial charge < -0.3 is 14.8 Å². The van der Waals surface area contributed by atoms with Gasteiger partial charge in [-0.1, -0.05) is 36.4 Å². The highest BCUT2D eigenvalue weighted by molar-refractivity contribution is 7.89. The first-order chi connectivity index (χ1) is 14.9. The summed E-state index contributed by atoms with van der Waals surface area (Å²) in [7, 11) is -2.52. The molecule has 0 spiro atoms. The number of amides is 1. The Morgan fingerprint density at radius 2 is 2.00 bits per heavy atom. The molecule has 0 unspecified atom stereocenters. The number of rotatable bonds is 10. The average molecular weight is 447 g/mol. The van der Waals surface area contributed by atoms with Crippen LogP contribution in [-0.2, 0) is 26.0 Å². The molecule has 1 amide bonds. The number of ether oxygens (including phenoxy) is 2. The van der Waals surface area contributed by atoms with Crippen LogP contribution in [0.3, 0.4) is 0 Å². The van der Waals surface area contributed by atoms with Crippen molar-refractivity contribution in [3.8, 4) is 5.75 Å². The van der Waals surface area contributed by atoms with Crippen LogP contribution in [0.5, 0.6) is 5.75 Å². The van der Waals surface area contributed by atoms with E-state index in [0.29, 0.717) is 19.6 Å². The molecule has 8 heteroatoms. The topological polar surface area (TPSA) is 84.9 Å². The van der Waals surface area contributed by atoms with Crippen LogP contribution < -0.4 is 10.1 Å². The average Bonchev–Trinajstić information content (AvgIpc) is 3.29. The molecular weight excluding hydrogens is 416 g/mol. The zero-order valence-corrected chi connectivity index (χ0v) is 18.9. The van der Waals surface area contributed by atoms with Crippen LogP contribution in [0.2, 0.25) is 0 Å². The van der Waals surface area contributed by atoms with Crippen molar-refractivity contribution in [2.45, 2.75) is 37.2 Å². The molecule has 1 N–H and O–H groups in total. The van der Waals surface area contributed by atoms with E-state index < -0.39 is 10.0 Å². The fourth-order valence-corrected chi connectivity index (χ4v) is 5.19. The summed E-state index contributed by atoms with van der Waals surface area (Å²) in [4.78, 5) is 12.7. The minimum absolute atomic E-state index is 0.00445.